The summed E-state index contributed by atoms with van der Waals surface area (Å²) in [6.45, 7) is 3.00. The fourth-order valence-corrected chi connectivity index (χ4v) is 4.81. The highest BCUT2D eigenvalue weighted by molar-refractivity contribution is 7.99. The van der Waals surface area contributed by atoms with Crippen LogP contribution in [0.15, 0.2) is 5.16 Å². The van der Waals surface area contributed by atoms with Gasteiger partial charge in [0.25, 0.3) is 0 Å². The highest BCUT2D eigenvalue weighted by atomic mass is 32.2. The Morgan fingerprint density at radius 3 is 2.52 bits per heavy atom. The molecule has 25 heavy (non-hydrogen) atoms. The Morgan fingerprint density at radius 1 is 1.04 bits per heavy atom. The van der Waals surface area contributed by atoms with Crippen LogP contribution in [-0.4, -0.2) is 46.1 Å². The van der Waals surface area contributed by atoms with E-state index in [1.54, 1.807) is 11.8 Å². The number of anilines is 1. The average Bonchev–Trinajstić information content (AvgIpc) is 3.17. The SMILES string of the molecule is O=C(CSc1nnc(N2CCCC2)n1C1CC1)NCC1CCCCC1. The second-order valence-corrected chi connectivity index (χ2v) is 8.62. The molecule has 1 aromatic rings. The quantitative estimate of drug-likeness (QED) is 0.755. The number of aromatic nitrogens is 3. The van der Waals surface area contributed by atoms with Gasteiger partial charge in [0.1, 0.15) is 0 Å². The van der Waals surface area contributed by atoms with Gasteiger partial charge in [-0.25, -0.2) is 0 Å². The van der Waals surface area contributed by atoms with Crippen molar-refractivity contribution in [3.05, 3.63) is 0 Å². The number of rotatable bonds is 7. The molecule has 1 N–H and O–H groups in total. The van der Waals surface area contributed by atoms with Gasteiger partial charge in [-0.15, -0.1) is 10.2 Å². The van der Waals surface area contributed by atoms with Crippen molar-refractivity contribution in [2.45, 2.75) is 69.0 Å². The molecule has 1 saturated heterocycles. The van der Waals surface area contributed by atoms with Crippen LogP contribution in [0.25, 0.3) is 0 Å². The summed E-state index contributed by atoms with van der Waals surface area (Å²) in [7, 11) is 0. The summed E-state index contributed by atoms with van der Waals surface area (Å²) in [4.78, 5) is 14.6. The smallest absolute Gasteiger partial charge is 0.230 e. The number of thioether (sulfide) groups is 1. The van der Waals surface area contributed by atoms with E-state index in [0.29, 0.717) is 17.7 Å². The molecule has 0 radical (unpaired) electrons. The van der Waals surface area contributed by atoms with Crippen LogP contribution in [0.1, 0.15) is 63.8 Å². The molecule has 7 heteroatoms. The van der Waals surface area contributed by atoms with Gasteiger partial charge in [0.2, 0.25) is 11.9 Å². The Morgan fingerprint density at radius 2 is 1.80 bits per heavy atom. The van der Waals surface area contributed by atoms with Gasteiger partial charge in [-0.1, -0.05) is 31.0 Å². The van der Waals surface area contributed by atoms with Crippen LogP contribution in [0.5, 0.6) is 0 Å². The fourth-order valence-electron chi connectivity index (χ4n) is 3.98. The minimum absolute atomic E-state index is 0.128. The van der Waals surface area contributed by atoms with E-state index in [0.717, 1.165) is 30.7 Å². The topological polar surface area (TPSA) is 63.1 Å². The van der Waals surface area contributed by atoms with Crippen LogP contribution in [0.4, 0.5) is 5.95 Å². The molecule has 4 rings (SSSR count). The Balaban J connectivity index is 1.30. The molecular formula is C18H29N5OS. The zero-order valence-corrected chi connectivity index (χ0v) is 15.8. The molecule has 2 heterocycles. The van der Waals surface area contributed by atoms with E-state index in [1.807, 2.05) is 0 Å². The second kappa shape index (κ2) is 7.98. The van der Waals surface area contributed by atoms with Gasteiger partial charge in [0.15, 0.2) is 5.16 Å². The molecule has 3 aliphatic rings. The van der Waals surface area contributed by atoms with Crippen LogP contribution in [-0.2, 0) is 4.79 Å². The summed E-state index contributed by atoms with van der Waals surface area (Å²) in [6, 6.07) is 0.540. The lowest BCUT2D eigenvalue weighted by atomic mass is 9.89. The summed E-state index contributed by atoms with van der Waals surface area (Å²) in [5, 5.41) is 12.9. The zero-order chi connectivity index (χ0) is 17.1. The molecule has 1 aromatic heterocycles. The number of hydrogen-bond donors (Lipinski definition) is 1. The Bertz CT molecular complexity index is 588. The van der Waals surface area contributed by atoms with Gasteiger partial charge in [-0.2, -0.15) is 0 Å². The summed E-state index contributed by atoms with van der Waals surface area (Å²) in [6.07, 6.45) is 11.4. The van der Waals surface area contributed by atoms with Crippen LogP contribution in [0.2, 0.25) is 0 Å². The predicted octanol–water partition coefficient (Wildman–Crippen LogP) is 3.00. The molecule has 2 aliphatic carbocycles. The molecule has 0 spiro atoms. The highest BCUT2D eigenvalue weighted by Gasteiger charge is 2.32. The Kier molecular flexibility index (Phi) is 5.48. The predicted molar refractivity (Wildman–Crippen MR) is 100 cm³/mol. The lowest BCUT2D eigenvalue weighted by Crippen LogP contribution is -2.31. The summed E-state index contributed by atoms with van der Waals surface area (Å²) < 4.78 is 2.28. The molecular weight excluding hydrogens is 334 g/mol. The molecule has 0 bridgehead atoms. The number of carbonyl (C=O) groups is 1. The first kappa shape index (κ1) is 17.2. The third-order valence-electron chi connectivity index (χ3n) is 5.59. The maximum absolute atomic E-state index is 12.2. The summed E-state index contributed by atoms with van der Waals surface area (Å²) in [5.74, 6) is 2.27. The normalized spacial score (nSPS) is 21.7. The van der Waals surface area contributed by atoms with E-state index in [1.165, 1.54) is 57.8 Å². The Hall–Kier alpha value is -1.24. The van der Waals surface area contributed by atoms with Crippen LogP contribution < -0.4 is 10.2 Å². The van der Waals surface area contributed by atoms with E-state index < -0.39 is 0 Å². The van der Waals surface area contributed by atoms with Crippen molar-refractivity contribution in [2.24, 2.45) is 5.92 Å². The van der Waals surface area contributed by atoms with E-state index in [9.17, 15) is 4.79 Å². The zero-order valence-electron chi connectivity index (χ0n) is 15.0. The number of hydrogen-bond acceptors (Lipinski definition) is 5. The summed E-state index contributed by atoms with van der Waals surface area (Å²) >= 11 is 1.54. The maximum atomic E-state index is 12.2. The van der Waals surface area contributed by atoms with Crippen LogP contribution in [0, 0.1) is 5.92 Å². The first-order chi connectivity index (χ1) is 12.3. The van der Waals surface area contributed by atoms with Crippen molar-refractivity contribution in [1.29, 1.82) is 0 Å². The largest absolute Gasteiger partial charge is 0.355 e. The van der Waals surface area contributed by atoms with Crippen LogP contribution >= 0.6 is 11.8 Å². The molecule has 0 unspecified atom stereocenters. The van der Waals surface area contributed by atoms with Gasteiger partial charge in [-0.05, 0) is 44.4 Å². The average molecular weight is 364 g/mol. The minimum atomic E-state index is 0.128. The third-order valence-corrected chi connectivity index (χ3v) is 6.54. The van der Waals surface area contributed by atoms with Crippen molar-refractivity contribution < 1.29 is 4.79 Å². The number of nitrogens with zero attached hydrogens (tertiary/aromatic N) is 4. The van der Waals surface area contributed by atoms with Gasteiger partial charge in [-0.3, -0.25) is 9.36 Å². The number of nitrogens with one attached hydrogen (secondary N) is 1. The lowest BCUT2D eigenvalue weighted by Gasteiger charge is -2.21. The minimum Gasteiger partial charge on any atom is -0.355 e. The standard InChI is InChI=1S/C18H29N5OS/c24-16(19-12-14-6-2-1-3-7-14)13-25-18-21-20-17(22-10-4-5-11-22)23(18)15-8-9-15/h14-15H,1-13H2,(H,19,24). The monoisotopic (exact) mass is 363 g/mol. The molecule has 2 saturated carbocycles. The maximum Gasteiger partial charge on any atom is 0.230 e. The van der Waals surface area contributed by atoms with E-state index in [2.05, 4.69) is 25.0 Å². The molecule has 3 fully saturated rings. The van der Waals surface area contributed by atoms with Gasteiger partial charge in [0.05, 0.1) is 5.75 Å². The lowest BCUT2D eigenvalue weighted by molar-refractivity contribution is -0.118. The van der Waals surface area contributed by atoms with Crippen molar-refractivity contribution in [3.63, 3.8) is 0 Å². The first-order valence-electron chi connectivity index (χ1n) is 9.90. The highest BCUT2D eigenvalue weighted by Crippen LogP contribution is 2.41. The van der Waals surface area contributed by atoms with Crippen molar-refractivity contribution in [1.82, 2.24) is 20.1 Å². The Labute approximate surface area is 154 Å². The number of amides is 1. The third kappa shape index (κ3) is 4.30. The summed E-state index contributed by atoms with van der Waals surface area (Å²) in [5.41, 5.74) is 0. The number of carbonyl (C=O) groups excluding carboxylic acids is 1. The van der Waals surface area contributed by atoms with Crippen molar-refractivity contribution in [2.75, 3.05) is 30.3 Å². The van der Waals surface area contributed by atoms with Gasteiger partial charge >= 0.3 is 0 Å². The van der Waals surface area contributed by atoms with E-state index in [4.69, 9.17) is 0 Å². The van der Waals surface area contributed by atoms with Crippen molar-refractivity contribution >= 4 is 23.6 Å². The van der Waals surface area contributed by atoms with Crippen molar-refractivity contribution in [3.8, 4) is 0 Å². The van der Waals surface area contributed by atoms with Gasteiger partial charge in [0, 0.05) is 25.7 Å². The first-order valence-corrected chi connectivity index (χ1v) is 10.9. The molecule has 0 aromatic carbocycles. The van der Waals surface area contributed by atoms with E-state index in [-0.39, 0.29) is 5.91 Å². The fraction of sp³-hybridized carbons (Fsp3) is 0.833. The molecule has 1 amide bonds. The molecule has 6 nitrogen and oxygen atoms in total. The van der Waals surface area contributed by atoms with Crippen LogP contribution in [0.3, 0.4) is 0 Å². The molecule has 138 valence electrons. The second-order valence-electron chi connectivity index (χ2n) is 7.67. The molecule has 1 aliphatic heterocycles. The van der Waals surface area contributed by atoms with E-state index >= 15 is 0 Å². The van der Waals surface area contributed by atoms with Gasteiger partial charge < -0.3 is 10.2 Å². The molecule has 0 atom stereocenters.